The second kappa shape index (κ2) is 7.24. The molecule has 6 N–H and O–H groups in total. The van der Waals surface area contributed by atoms with Crippen LogP contribution in [-0.4, -0.2) is 22.2 Å². The van der Waals surface area contributed by atoms with Crippen molar-refractivity contribution in [2.24, 2.45) is 16.7 Å². The zero-order chi connectivity index (χ0) is 16.1. The highest BCUT2D eigenvalue weighted by Crippen LogP contribution is 2.19. The second-order valence-corrected chi connectivity index (χ2v) is 5.09. The molecule has 0 aliphatic rings. The number of anilines is 1. The molecule has 7 heteroatoms. The van der Waals surface area contributed by atoms with Gasteiger partial charge in [-0.25, -0.2) is 5.84 Å². The quantitative estimate of drug-likeness (QED) is 0.288. The molecule has 116 valence electrons. The number of amidine groups is 1. The maximum Gasteiger partial charge on any atom is 0.153 e. The largest absolute Gasteiger partial charge is 0.385 e. The third kappa shape index (κ3) is 3.96. The van der Waals surface area contributed by atoms with E-state index in [1.807, 2.05) is 0 Å². The van der Waals surface area contributed by atoms with Gasteiger partial charge in [0.1, 0.15) is 12.2 Å². The monoisotopic (exact) mass is 320 g/mol. The minimum atomic E-state index is -1.38. The fourth-order valence-electron chi connectivity index (χ4n) is 1.85. The maximum atomic E-state index is 10.1. The van der Waals surface area contributed by atoms with Crippen LogP contribution in [0, 0.1) is 0 Å². The molecule has 0 heterocycles. The summed E-state index contributed by atoms with van der Waals surface area (Å²) < 4.78 is 0. The lowest BCUT2D eigenvalue weighted by Gasteiger charge is -2.20. The molecule has 0 radical (unpaired) electrons. The molecular formula is C15H17ClN4O2. The first-order chi connectivity index (χ1) is 10.5. The number of benzene rings is 2. The molecule has 2 aromatic carbocycles. The number of hydrogen-bond donors (Lipinski definition) is 4. The van der Waals surface area contributed by atoms with E-state index in [0.717, 1.165) is 5.12 Å². The summed E-state index contributed by atoms with van der Waals surface area (Å²) in [7, 11) is 0. The highest BCUT2D eigenvalue weighted by Gasteiger charge is 2.22. The van der Waals surface area contributed by atoms with Crippen LogP contribution in [0.25, 0.3) is 0 Å². The molecule has 22 heavy (non-hydrogen) atoms. The van der Waals surface area contributed by atoms with Gasteiger partial charge in [0.05, 0.1) is 5.69 Å². The second-order valence-electron chi connectivity index (χ2n) is 4.65. The standard InChI is InChI=1S/C15H17ClN4O2/c16-11-7-4-8-12(9-11)20(18)19-15(17)14(22)13(21)10-5-2-1-3-6-10/h1-9,13-14,21-22H,18H2,(H2,17,19). The van der Waals surface area contributed by atoms with Gasteiger partial charge < -0.3 is 15.9 Å². The van der Waals surface area contributed by atoms with E-state index in [1.54, 1.807) is 54.6 Å². The fourth-order valence-corrected chi connectivity index (χ4v) is 2.04. The summed E-state index contributed by atoms with van der Waals surface area (Å²) in [6, 6.07) is 15.3. The zero-order valence-electron chi connectivity index (χ0n) is 11.7. The van der Waals surface area contributed by atoms with Gasteiger partial charge in [-0.3, -0.25) is 0 Å². The van der Waals surface area contributed by atoms with Gasteiger partial charge in [-0.15, -0.1) is 5.10 Å². The minimum Gasteiger partial charge on any atom is -0.385 e. The Morgan fingerprint density at radius 1 is 1.09 bits per heavy atom. The molecule has 0 aliphatic carbocycles. The molecule has 0 spiro atoms. The van der Waals surface area contributed by atoms with Crippen molar-refractivity contribution in [1.82, 2.24) is 0 Å². The SMILES string of the molecule is N/C(=N\N(N)c1cccc(Cl)c1)C(O)C(O)c1ccccc1. The Morgan fingerprint density at radius 2 is 1.77 bits per heavy atom. The van der Waals surface area contributed by atoms with Crippen molar-refractivity contribution in [1.29, 1.82) is 0 Å². The molecule has 0 amide bonds. The first-order valence-electron chi connectivity index (χ1n) is 6.54. The lowest BCUT2D eigenvalue weighted by molar-refractivity contribution is 0.0590. The van der Waals surface area contributed by atoms with Crippen LogP contribution in [0.5, 0.6) is 0 Å². The van der Waals surface area contributed by atoms with E-state index in [1.165, 1.54) is 0 Å². The number of nitrogens with zero attached hydrogens (tertiary/aromatic N) is 2. The topological polar surface area (TPSA) is 108 Å². The Labute approximate surface area is 133 Å². The van der Waals surface area contributed by atoms with Gasteiger partial charge in [0.2, 0.25) is 0 Å². The molecule has 0 fully saturated rings. The van der Waals surface area contributed by atoms with Gasteiger partial charge in [-0.1, -0.05) is 48.0 Å². The molecule has 6 nitrogen and oxygen atoms in total. The fraction of sp³-hybridized carbons (Fsp3) is 0.133. The number of aliphatic hydroxyl groups is 2. The number of hydrogen-bond acceptors (Lipinski definition) is 5. The molecule has 2 atom stereocenters. The summed E-state index contributed by atoms with van der Waals surface area (Å²) in [5.74, 6) is 5.55. The number of nitrogens with two attached hydrogens (primary N) is 2. The van der Waals surface area contributed by atoms with Crippen LogP contribution in [0.3, 0.4) is 0 Å². The Balaban J connectivity index is 2.14. The highest BCUT2D eigenvalue weighted by atomic mass is 35.5. The number of aliphatic hydroxyl groups excluding tert-OH is 2. The maximum absolute atomic E-state index is 10.1. The summed E-state index contributed by atoms with van der Waals surface area (Å²) in [6.45, 7) is 0. The lowest BCUT2D eigenvalue weighted by Crippen LogP contribution is -2.38. The van der Waals surface area contributed by atoms with Crippen molar-refractivity contribution in [3.8, 4) is 0 Å². The molecule has 0 bridgehead atoms. The molecular weight excluding hydrogens is 304 g/mol. The van der Waals surface area contributed by atoms with Crippen molar-refractivity contribution in [2.45, 2.75) is 12.2 Å². The number of rotatable bonds is 5. The summed E-state index contributed by atoms with van der Waals surface area (Å²) >= 11 is 5.87. The van der Waals surface area contributed by atoms with E-state index < -0.39 is 12.2 Å². The normalized spacial score (nSPS) is 14.5. The smallest absolute Gasteiger partial charge is 0.153 e. The van der Waals surface area contributed by atoms with Gasteiger partial charge in [0.25, 0.3) is 0 Å². The zero-order valence-corrected chi connectivity index (χ0v) is 12.4. The Morgan fingerprint density at radius 3 is 2.41 bits per heavy atom. The predicted molar refractivity (Wildman–Crippen MR) is 87.1 cm³/mol. The molecule has 0 aliphatic heterocycles. The molecule has 0 saturated heterocycles. The Bertz CT molecular complexity index is 651. The molecule has 2 aromatic rings. The van der Waals surface area contributed by atoms with Crippen molar-refractivity contribution < 1.29 is 10.2 Å². The summed E-state index contributed by atoms with van der Waals surface area (Å²) in [4.78, 5) is 0. The predicted octanol–water partition coefficient (Wildman–Crippen LogP) is 1.39. The summed E-state index contributed by atoms with van der Waals surface area (Å²) in [5.41, 5.74) is 6.74. The number of hydrazine groups is 1. The van der Waals surface area contributed by atoms with Crippen LogP contribution < -0.4 is 16.7 Å². The van der Waals surface area contributed by atoms with Gasteiger partial charge in [-0.05, 0) is 23.8 Å². The van der Waals surface area contributed by atoms with E-state index in [-0.39, 0.29) is 5.84 Å². The van der Waals surface area contributed by atoms with Crippen molar-refractivity contribution >= 4 is 23.1 Å². The number of hydrazone groups is 1. The van der Waals surface area contributed by atoms with Crippen molar-refractivity contribution in [3.63, 3.8) is 0 Å². The van der Waals surface area contributed by atoms with Crippen molar-refractivity contribution in [3.05, 3.63) is 65.2 Å². The lowest BCUT2D eigenvalue weighted by atomic mass is 10.0. The summed E-state index contributed by atoms with van der Waals surface area (Å²) in [5, 5.41) is 25.5. The Kier molecular flexibility index (Phi) is 5.35. The van der Waals surface area contributed by atoms with Gasteiger partial charge in [-0.2, -0.15) is 5.12 Å². The van der Waals surface area contributed by atoms with Gasteiger partial charge in [0.15, 0.2) is 5.84 Å². The van der Waals surface area contributed by atoms with Gasteiger partial charge >= 0.3 is 0 Å². The van der Waals surface area contributed by atoms with E-state index in [4.69, 9.17) is 23.2 Å². The van der Waals surface area contributed by atoms with Crippen LogP contribution in [0.4, 0.5) is 5.69 Å². The molecule has 0 aromatic heterocycles. The van der Waals surface area contributed by atoms with Crippen LogP contribution in [0.1, 0.15) is 11.7 Å². The van der Waals surface area contributed by atoms with Crippen LogP contribution in [0.15, 0.2) is 59.7 Å². The van der Waals surface area contributed by atoms with Gasteiger partial charge in [0, 0.05) is 5.02 Å². The van der Waals surface area contributed by atoms with Crippen LogP contribution in [0.2, 0.25) is 5.02 Å². The minimum absolute atomic E-state index is 0.209. The molecule has 2 rings (SSSR count). The molecule has 0 saturated carbocycles. The van der Waals surface area contributed by atoms with E-state index in [0.29, 0.717) is 16.3 Å². The first-order valence-corrected chi connectivity index (χ1v) is 6.92. The third-order valence-electron chi connectivity index (χ3n) is 3.04. The van der Waals surface area contributed by atoms with Crippen LogP contribution >= 0.6 is 11.6 Å². The van der Waals surface area contributed by atoms with Crippen LogP contribution in [-0.2, 0) is 0 Å². The summed E-state index contributed by atoms with van der Waals surface area (Å²) in [6.07, 6.45) is -2.58. The first kappa shape index (κ1) is 16.3. The van der Waals surface area contributed by atoms with Crippen molar-refractivity contribution in [2.75, 3.05) is 5.12 Å². The third-order valence-corrected chi connectivity index (χ3v) is 3.27. The highest BCUT2D eigenvalue weighted by molar-refractivity contribution is 6.30. The molecule has 2 unspecified atom stereocenters. The average Bonchev–Trinajstić information content (AvgIpc) is 2.54. The Hall–Kier alpha value is -2.12. The average molecular weight is 321 g/mol. The van der Waals surface area contributed by atoms with E-state index >= 15 is 0 Å². The number of halogens is 1. The van der Waals surface area contributed by atoms with E-state index in [2.05, 4.69) is 5.10 Å². The van der Waals surface area contributed by atoms with E-state index in [9.17, 15) is 10.2 Å².